The largest absolute Gasteiger partial charge is 0.393 e. The fourth-order valence-electron chi connectivity index (χ4n) is 2.60. The van der Waals surface area contributed by atoms with Crippen LogP contribution in [0.2, 0.25) is 0 Å². The van der Waals surface area contributed by atoms with Crippen LogP contribution in [-0.4, -0.2) is 11.2 Å². The summed E-state index contributed by atoms with van der Waals surface area (Å²) in [6, 6.07) is 0. The molecule has 1 heteroatoms. The molecule has 1 unspecified atom stereocenters. The average Bonchev–Trinajstić information content (AvgIpc) is 2.99. The molecule has 2 saturated carbocycles. The van der Waals surface area contributed by atoms with Crippen LogP contribution < -0.4 is 0 Å². The van der Waals surface area contributed by atoms with Crippen LogP contribution in [0.4, 0.5) is 0 Å². The Balaban J connectivity index is 1.60. The molecule has 0 aromatic carbocycles. The Labute approximate surface area is 81.5 Å². The summed E-state index contributed by atoms with van der Waals surface area (Å²) in [6.45, 7) is 0. The van der Waals surface area contributed by atoms with E-state index in [1.807, 2.05) is 0 Å². The predicted octanol–water partition coefficient (Wildman–Crippen LogP) is 3.12. The molecule has 0 heterocycles. The Morgan fingerprint density at radius 2 is 1.69 bits per heavy atom. The predicted molar refractivity (Wildman–Crippen MR) is 54.5 cm³/mol. The highest BCUT2D eigenvalue weighted by molar-refractivity contribution is 4.81. The maximum Gasteiger partial charge on any atom is 0.0568 e. The van der Waals surface area contributed by atoms with Crippen LogP contribution in [0.3, 0.4) is 0 Å². The normalized spacial score (nSPS) is 27.5. The average molecular weight is 182 g/mol. The van der Waals surface area contributed by atoms with Crippen LogP contribution in [0, 0.1) is 11.8 Å². The van der Waals surface area contributed by atoms with Gasteiger partial charge in [0.1, 0.15) is 0 Å². The van der Waals surface area contributed by atoms with Crippen molar-refractivity contribution in [3.8, 4) is 0 Å². The molecule has 2 aliphatic carbocycles. The summed E-state index contributed by atoms with van der Waals surface area (Å²) in [7, 11) is 0. The van der Waals surface area contributed by atoms with Gasteiger partial charge in [-0.3, -0.25) is 0 Å². The molecule has 2 rings (SSSR count). The van der Waals surface area contributed by atoms with Crippen molar-refractivity contribution in [3.05, 3.63) is 0 Å². The summed E-state index contributed by atoms with van der Waals surface area (Å²) in [5.74, 6) is 1.63. The van der Waals surface area contributed by atoms with Gasteiger partial charge in [0, 0.05) is 0 Å². The molecule has 0 aromatic heterocycles. The third-order valence-corrected chi connectivity index (χ3v) is 3.76. The highest BCUT2D eigenvalue weighted by Gasteiger charge is 2.29. The minimum Gasteiger partial charge on any atom is -0.393 e. The van der Waals surface area contributed by atoms with Gasteiger partial charge < -0.3 is 5.11 Å². The molecule has 0 spiro atoms. The van der Waals surface area contributed by atoms with E-state index in [1.165, 1.54) is 51.4 Å². The van der Waals surface area contributed by atoms with Gasteiger partial charge in [-0.05, 0) is 37.5 Å². The van der Waals surface area contributed by atoms with Crippen LogP contribution in [0.1, 0.15) is 57.8 Å². The van der Waals surface area contributed by atoms with Gasteiger partial charge in [-0.1, -0.05) is 32.1 Å². The van der Waals surface area contributed by atoms with Gasteiger partial charge in [0.15, 0.2) is 0 Å². The van der Waals surface area contributed by atoms with Crippen molar-refractivity contribution in [2.24, 2.45) is 11.8 Å². The monoisotopic (exact) mass is 182 g/mol. The zero-order chi connectivity index (χ0) is 9.10. The molecule has 0 aromatic rings. The molecule has 0 amide bonds. The summed E-state index contributed by atoms with van der Waals surface area (Å²) in [5, 5.41) is 9.72. The fourth-order valence-corrected chi connectivity index (χ4v) is 2.60. The van der Waals surface area contributed by atoms with Gasteiger partial charge in [0.25, 0.3) is 0 Å². The summed E-state index contributed by atoms with van der Waals surface area (Å²) in [6.07, 6.45) is 12.2. The van der Waals surface area contributed by atoms with Crippen LogP contribution in [0.25, 0.3) is 0 Å². The smallest absolute Gasteiger partial charge is 0.0568 e. The fraction of sp³-hybridized carbons (Fsp3) is 1.00. The lowest BCUT2D eigenvalue weighted by molar-refractivity contribution is 0.128. The maximum absolute atomic E-state index is 9.72. The molecule has 1 N–H and O–H groups in total. The van der Waals surface area contributed by atoms with E-state index in [4.69, 9.17) is 0 Å². The second-order valence-electron chi connectivity index (χ2n) is 4.99. The van der Waals surface area contributed by atoms with Crippen LogP contribution in [-0.2, 0) is 0 Å². The second kappa shape index (κ2) is 4.45. The molecule has 1 atom stereocenters. The van der Waals surface area contributed by atoms with Crippen LogP contribution in [0.15, 0.2) is 0 Å². The van der Waals surface area contributed by atoms with Gasteiger partial charge in [-0.15, -0.1) is 0 Å². The molecule has 0 saturated heterocycles. The first-order valence-corrected chi connectivity index (χ1v) is 6.04. The van der Waals surface area contributed by atoms with E-state index in [1.54, 1.807) is 0 Å². The Morgan fingerprint density at radius 3 is 2.31 bits per heavy atom. The maximum atomic E-state index is 9.72. The summed E-state index contributed by atoms with van der Waals surface area (Å²) in [4.78, 5) is 0. The highest BCUT2D eigenvalue weighted by Crippen LogP contribution is 2.36. The molecular weight excluding hydrogens is 160 g/mol. The molecule has 76 valence electrons. The van der Waals surface area contributed by atoms with E-state index < -0.39 is 0 Å². The molecule has 0 radical (unpaired) electrons. The van der Waals surface area contributed by atoms with E-state index >= 15 is 0 Å². The number of aliphatic hydroxyl groups is 1. The number of hydrogen-bond acceptors (Lipinski definition) is 1. The quantitative estimate of drug-likeness (QED) is 0.708. The van der Waals surface area contributed by atoms with E-state index in [0.717, 1.165) is 12.3 Å². The number of rotatable bonds is 4. The Hall–Kier alpha value is -0.0400. The zero-order valence-corrected chi connectivity index (χ0v) is 8.54. The van der Waals surface area contributed by atoms with Crippen molar-refractivity contribution in [3.63, 3.8) is 0 Å². The van der Waals surface area contributed by atoms with Crippen LogP contribution in [0.5, 0.6) is 0 Å². The summed E-state index contributed by atoms with van der Waals surface area (Å²) >= 11 is 0. The molecule has 2 fully saturated rings. The third kappa shape index (κ3) is 2.98. The topological polar surface area (TPSA) is 20.2 Å². The van der Waals surface area contributed by atoms with Gasteiger partial charge in [-0.25, -0.2) is 0 Å². The second-order valence-corrected chi connectivity index (χ2v) is 4.99. The van der Waals surface area contributed by atoms with E-state index in [-0.39, 0.29) is 6.10 Å². The third-order valence-electron chi connectivity index (χ3n) is 3.76. The van der Waals surface area contributed by atoms with E-state index in [0.29, 0.717) is 5.92 Å². The lowest BCUT2D eigenvalue weighted by Crippen LogP contribution is -2.13. The summed E-state index contributed by atoms with van der Waals surface area (Å²) < 4.78 is 0. The first-order valence-electron chi connectivity index (χ1n) is 6.04. The molecule has 0 bridgehead atoms. The van der Waals surface area contributed by atoms with Crippen molar-refractivity contribution in [2.75, 3.05) is 0 Å². The van der Waals surface area contributed by atoms with Gasteiger partial charge >= 0.3 is 0 Å². The lowest BCUT2D eigenvalue weighted by atomic mass is 9.85. The first-order chi connectivity index (χ1) is 6.36. The Morgan fingerprint density at radius 1 is 1.00 bits per heavy atom. The van der Waals surface area contributed by atoms with E-state index in [2.05, 4.69) is 0 Å². The highest BCUT2D eigenvalue weighted by atomic mass is 16.3. The van der Waals surface area contributed by atoms with Crippen molar-refractivity contribution < 1.29 is 5.11 Å². The van der Waals surface area contributed by atoms with Gasteiger partial charge in [0.2, 0.25) is 0 Å². The Bertz CT molecular complexity index is 145. The number of aliphatic hydroxyl groups excluding tert-OH is 1. The molecule has 13 heavy (non-hydrogen) atoms. The van der Waals surface area contributed by atoms with Gasteiger partial charge in [0.05, 0.1) is 6.10 Å². The van der Waals surface area contributed by atoms with Gasteiger partial charge in [-0.2, -0.15) is 0 Å². The minimum atomic E-state index is 0.0435. The SMILES string of the molecule is OC(CCC1CCCCC1)C1CC1. The first kappa shape index (κ1) is 9.51. The molecule has 0 aliphatic heterocycles. The number of hydrogen-bond donors (Lipinski definition) is 1. The van der Waals surface area contributed by atoms with Crippen molar-refractivity contribution in [1.29, 1.82) is 0 Å². The van der Waals surface area contributed by atoms with Crippen molar-refractivity contribution >= 4 is 0 Å². The molecule has 2 aliphatic rings. The molecule has 1 nitrogen and oxygen atoms in total. The Kier molecular flexibility index (Phi) is 3.26. The molecular formula is C12H22O. The minimum absolute atomic E-state index is 0.0435. The van der Waals surface area contributed by atoms with Crippen molar-refractivity contribution in [1.82, 2.24) is 0 Å². The van der Waals surface area contributed by atoms with Crippen LogP contribution >= 0.6 is 0 Å². The zero-order valence-electron chi connectivity index (χ0n) is 8.54. The standard InChI is InChI=1S/C12H22O/c13-12(11-7-8-11)9-6-10-4-2-1-3-5-10/h10-13H,1-9H2. The van der Waals surface area contributed by atoms with E-state index in [9.17, 15) is 5.11 Å². The van der Waals surface area contributed by atoms with Crippen molar-refractivity contribution in [2.45, 2.75) is 63.9 Å². The lowest BCUT2D eigenvalue weighted by Gasteiger charge is -2.22. The summed E-state index contributed by atoms with van der Waals surface area (Å²) in [5.41, 5.74) is 0.